The van der Waals surface area contributed by atoms with E-state index < -0.39 is 6.43 Å². The molecule has 0 aromatic heterocycles. The van der Waals surface area contributed by atoms with Crippen molar-refractivity contribution in [1.82, 2.24) is 4.90 Å². The van der Waals surface area contributed by atoms with Gasteiger partial charge in [-0.15, -0.1) is 0 Å². The van der Waals surface area contributed by atoms with Crippen molar-refractivity contribution in [2.75, 3.05) is 13.6 Å². The summed E-state index contributed by atoms with van der Waals surface area (Å²) in [5.41, 5.74) is 5.73. The van der Waals surface area contributed by atoms with Crippen LogP contribution in [0.5, 0.6) is 0 Å². The number of nitrogens with zero attached hydrogens (tertiary/aromatic N) is 1. The van der Waals surface area contributed by atoms with E-state index >= 15 is 0 Å². The molecule has 0 aromatic carbocycles. The van der Waals surface area contributed by atoms with Crippen molar-refractivity contribution in [1.29, 1.82) is 0 Å². The molecular formula is C10H22F2N2. The highest BCUT2D eigenvalue weighted by molar-refractivity contribution is 4.88. The second-order valence-electron chi connectivity index (χ2n) is 5.00. The summed E-state index contributed by atoms with van der Waals surface area (Å²) >= 11 is 0. The number of hydrogen-bond donors (Lipinski definition) is 1. The molecule has 0 bridgehead atoms. The van der Waals surface area contributed by atoms with Crippen molar-refractivity contribution in [3.05, 3.63) is 0 Å². The fourth-order valence-corrected chi connectivity index (χ4v) is 2.18. The summed E-state index contributed by atoms with van der Waals surface area (Å²) in [4.78, 5) is 1.65. The monoisotopic (exact) mass is 208 g/mol. The Morgan fingerprint density at radius 1 is 1.29 bits per heavy atom. The number of rotatable bonds is 4. The lowest BCUT2D eigenvalue weighted by Crippen LogP contribution is -2.53. The van der Waals surface area contributed by atoms with Gasteiger partial charge in [0, 0.05) is 12.1 Å². The summed E-state index contributed by atoms with van der Waals surface area (Å²) < 4.78 is 24.4. The lowest BCUT2D eigenvalue weighted by molar-refractivity contribution is 0.0390. The Labute approximate surface area is 85.5 Å². The van der Waals surface area contributed by atoms with Crippen molar-refractivity contribution in [2.24, 2.45) is 11.1 Å². The van der Waals surface area contributed by atoms with Gasteiger partial charge in [-0.1, -0.05) is 20.8 Å². The third-order valence-electron chi connectivity index (χ3n) is 2.29. The minimum absolute atomic E-state index is 0.0310. The van der Waals surface area contributed by atoms with Gasteiger partial charge in [-0.3, -0.25) is 4.90 Å². The van der Waals surface area contributed by atoms with Gasteiger partial charge in [-0.2, -0.15) is 0 Å². The molecule has 0 aliphatic rings. The largest absolute Gasteiger partial charge is 0.327 e. The summed E-state index contributed by atoms with van der Waals surface area (Å²) in [5.74, 6) is 0. The summed E-state index contributed by atoms with van der Waals surface area (Å²) in [6.07, 6.45) is -2.30. The van der Waals surface area contributed by atoms with E-state index in [9.17, 15) is 8.78 Å². The first kappa shape index (κ1) is 13.8. The van der Waals surface area contributed by atoms with Crippen LogP contribution in [-0.4, -0.2) is 37.0 Å². The van der Waals surface area contributed by atoms with Crippen molar-refractivity contribution >= 4 is 0 Å². The summed E-state index contributed by atoms with van der Waals surface area (Å²) in [5, 5.41) is 0. The van der Waals surface area contributed by atoms with Crippen molar-refractivity contribution in [3.8, 4) is 0 Å². The van der Waals surface area contributed by atoms with Gasteiger partial charge in [0.25, 0.3) is 6.43 Å². The van der Waals surface area contributed by atoms with Gasteiger partial charge >= 0.3 is 0 Å². The van der Waals surface area contributed by atoms with Gasteiger partial charge in [0.2, 0.25) is 0 Å². The zero-order valence-corrected chi connectivity index (χ0v) is 9.72. The molecule has 0 aliphatic carbocycles. The SMILES string of the molecule is CC(N)C(N(C)CC(F)F)C(C)(C)C. The first-order valence-electron chi connectivity index (χ1n) is 4.90. The van der Waals surface area contributed by atoms with Gasteiger partial charge in [0.1, 0.15) is 0 Å². The van der Waals surface area contributed by atoms with Crippen molar-refractivity contribution in [3.63, 3.8) is 0 Å². The van der Waals surface area contributed by atoms with Crippen molar-refractivity contribution in [2.45, 2.75) is 46.2 Å². The van der Waals surface area contributed by atoms with E-state index in [-0.39, 0.29) is 24.0 Å². The van der Waals surface area contributed by atoms with Crippen LogP contribution in [-0.2, 0) is 0 Å². The maximum absolute atomic E-state index is 12.2. The predicted molar refractivity (Wildman–Crippen MR) is 55.5 cm³/mol. The fraction of sp³-hybridized carbons (Fsp3) is 1.00. The van der Waals surface area contributed by atoms with Crippen LogP contribution in [0.1, 0.15) is 27.7 Å². The molecule has 4 heteroatoms. The standard InChI is InChI=1S/C10H22F2N2/c1-7(13)9(10(2,3)4)14(5)6-8(11)12/h7-9H,6,13H2,1-5H3. The Morgan fingerprint density at radius 2 is 1.71 bits per heavy atom. The number of nitrogens with two attached hydrogens (primary N) is 1. The molecule has 0 spiro atoms. The minimum atomic E-state index is -2.30. The molecule has 0 saturated heterocycles. The molecule has 0 radical (unpaired) electrons. The van der Waals surface area contributed by atoms with Crippen LogP contribution in [0.25, 0.3) is 0 Å². The summed E-state index contributed by atoms with van der Waals surface area (Å²) in [7, 11) is 1.70. The lowest BCUT2D eigenvalue weighted by atomic mass is 9.82. The topological polar surface area (TPSA) is 29.3 Å². The second-order valence-corrected chi connectivity index (χ2v) is 5.00. The molecule has 2 nitrogen and oxygen atoms in total. The predicted octanol–water partition coefficient (Wildman–Crippen LogP) is 1.95. The molecule has 86 valence electrons. The number of likely N-dealkylation sites (N-methyl/N-ethyl adjacent to an activating group) is 1. The van der Waals surface area contributed by atoms with E-state index in [0.717, 1.165) is 0 Å². The van der Waals surface area contributed by atoms with E-state index in [1.54, 1.807) is 11.9 Å². The van der Waals surface area contributed by atoms with Crippen LogP contribution >= 0.6 is 0 Å². The van der Waals surface area contributed by atoms with Crippen LogP contribution in [0.15, 0.2) is 0 Å². The maximum atomic E-state index is 12.2. The van der Waals surface area contributed by atoms with Crippen LogP contribution in [0, 0.1) is 5.41 Å². The van der Waals surface area contributed by atoms with Gasteiger partial charge in [-0.05, 0) is 19.4 Å². The number of halogens is 2. The maximum Gasteiger partial charge on any atom is 0.251 e. The second kappa shape index (κ2) is 5.03. The fourth-order valence-electron chi connectivity index (χ4n) is 2.18. The van der Waals surface area contributed by atoms with E-state index in [1.165, 1.54) is 0 Å². The summed E-state index contributed by atoms with van der Waals surface area (Å²) in [6.45, 7) is 7.69. The van der Waals surface area contributed by atoms with E-state index in [2.05, 4.69) is 0 Å². The molecule has 14 heavy (non-hydrogen) atoms. The third-order valence-corrected chi connectivity index (χ3v) is 2.29. The molecule has 0 fully saturated rings. The zero-order valence-electron chi connectivity index (χ0n) is 9.72. The lowest BCUT2D eigenvalue weighted by Gasteiger charge is -2.40. The third kappa shape index (κ3) is 4.33. The normalized spacial score (nSPS) is 17.6. The molecule has 0 heterocycles. The van der Waals surface area contributed by atoms with E-state index in [4.69, 9.17) is 5.73 Å². The van der Waals surface area contributed by atoms with Crippen LogP contribution in [0.2, 0.25) is 0 Å². The molecular weight excluding hydrogens is 186 g/mol. The Morgan fingerprint density at radius 3 is 1.93 bits per heavy atom. The summed E-state index contributed by atoms with van der Waals surface area (Å²) in [6, 6.07) is -0.143. The highest BCUT2D eigenvalue weighted by Gasteiger charge is 2.32. The number of hydrogen-bond acceptors (Lipinski definition) is 2. The number of alkyl halides is 2. The van der Waals surface area contributed by atoms with Crippen molar-refractivity contribution < 1.29 is 8.78 Å². The molecule has 0 saturated carbocycles. The molecule has 0 amide bonds. The first-order chi connectivity index (χ1) is 6.16. The Kier molecular flexibility index (Phi) is 4.95. The minimum Gasteiger partial charge on any atom is -0.327 e. The van der Waals surface area contributed by atoms with Gasteiger partial charge in [-0.25, -0.2) is 8.78 Å². The van der Waals surface area contributed by atoms with Gasteiger partial charge < -0.3 is 5.73 Å². The highest BCUT2D eigenvalue weighted by Crippen LogP contribution is 2.25. The quantitative estimate of drug-likeness (QED) is 0.765. The average molecular weight is 208 g/mol. The zero-order chi connectivity index (χ0) is 11.5. The van der Waals surface area contributed by atoms with Gasteiger partial charge in [0.15, 0.2) is 0 Å². The molecule has 2 N–H and O–H groups in total. The van der Waals surface area contributed by atoms with E-state index in [1.807, 2.05) is 27.7 Å². The van der Waals surface area contributed by atoms with Crippen LogP contribution in [0.3, 0.4) is 0 Å². The van der Waals surface area contributed by atoms with E-state index in [0.29, 0.717) is 0 Å². The molecule has 0 aromatic rings. The first-order valence-corrected chi connectivity index (χ1v) is 4.90. The molecule has 0 aliphatic heterocycles. The smallest absolute Gasteiger partial charge is 0.251 e. The Bertz CT molecular complexity index is 164. The van der Waals surface area contributed by atoms with Crippen LogP contribution < -0.4 is 5.73 Å². The van der Waals surface area contributed by atoms with Gasteiger partial charge in [0.05, 0.1) is 6.54 Å². The Balaban J connectivity index is 4.50. The average Bonchev–Trinajstić information content (AvgIpc) is 1.78. The molecule has 2 unspecified atom stereocenters. The Hall–Kier alpha value is -0.220. The molecule has 2 atom stereocenters. The molecule has 0 rings (SSSR count). The van der Waals surface area contributed by atoms with Crippen LogP contribution in [0.4, 0.5) is 8.78 Å². The highest BCUT2D eigenvalue weighted by atomic mass is 19.3.